The number of carbonyl (C=O) groups excluding carboxylic acids is 2. The molecule has 10 heteroatoms. The highest BCUT2D eigenvalue weighted by Crippen LogP contribution is 2.43. The molecule has 0 aliphatic heterocycles. The standard InChI is InChI=1S/C68H124NO8P/c1-3-5-7-9-11-13-15-17-19-21-22-23-24-25-26-27-28-29-30-31-32-33-34-35-36-37-38-39-40-41-42-43-44-45-47-49-51-53-55-57-59-61-68(71)77-66(65-76-78(72,73)75-63-62-69)64-74-67(70)60-58-56-54-52-50-48-46-20-18-16-14-12-10-8-6-4-2/h5,7,11,13,17,19-20,22-23,25-26,46,66H,3-4,6,8-10,12,14-16,18,21,24,27-45,47-65,69H2,1-2H3,(H,72,73)/b7-5-,13-11-,19-17-,23-22-,26-25-,46-20-. The highest BCUT2D eigenvalue weighted by atomic mass is 31.2. The number of phosphoric ester groups is 1. The average molecular weight is 1110 g/mol. The molecule has 0 heterocycles. The van der Waals surface area contributed by atoms with Gasteiger partial charge in [0, 0.05) is 19.4 Å². The number of nitrogens with two attached hydrogens (primary N) is 1. The quantitative estimate of drug-likeness (QED) is 0.0264. The Hall–Kier alpha value is -2.55. The Morgan fingerprint density at radius 1 is 0.397 bits per heavy atom. The first-order valence-corrected chi connectivity index (χ1v) is 34.4. The molecule has 0 spiro atoms. The van der Waals surface area contributed by atoms with E-state index < -0.39 is 26.5 Å². The summed E-state index contributed by atoms with van der Waals surface area (Å²) < 4.78 is 33.1. The van der Waals surface area contributed by atoms with Crippen LogP contribution in [0.3, 0.4) is 0 Å². The van der Waals surface area contributed by atoms with Gasteiger partial charge in [-0.1, -0.05) is 292 Å². The van der Waals surface area contributed by atoms with E-state index in [1.54, 1.807) is 0 Å². The van der Waals surface area contributed by atoms with E-state index in [4.69, 9.17) is 24.3 Å². The van der Waals surface area contributed by atoms with Crippen molar-refractivity contribution in [2.24, 2.45) is 5.73 Å². The smallest absolute Gasteiger partial charge is 0.462 e. The summed E-state index contributed by atoms with van der Waals surface area (Å²) in [6.07, 6.45) is 82.9. The molecule has 9 nitrogen and oxygen atoms in total. The Morgan fingerprint density at radius 2 is 0.705 bits per heavy atom. The van der Waals surface area contributed by atoms with E-state index in [1.165, 1.54) is 199 Å². The van der Waals surface area contributed by atoms with Gasteiger partial charge < -0.3 is 20.1 Å². The summed E-state index contributed by atoms with van der Waals surface area (Å²) in [5, 5.41) is 0. The van der Waals surface area contributed by atoms with Gasteiger partial charge in [-0.3, -0.25) is 18.6 Å². The molecule has 0 fully saturated rings. The minimum Gasteiger partial charge on any atom is -0.462 e. The molecule has 0 aromatic rings. The van der Waals surface area contributed by atoms with Crippen molar-refractivity contribution in [3.05, 3.63) is 72.9 Å². The first kappa shape index (κ1) is 75.5. The molecule has 0 aromatic heterocycles. The molecular weight excluding hydrogens is 990 g/mol. The van der Waals surface area contributed by atoms with E-state index in [1.807, 2.05) is 0 Å². The zero-order valence-electron chi connectivity index (χ0n) is 50.9. The lowest BCUT2D eigenvalue weighted by Crippen LogP contribution is -2.29. The molecular formula is C68H124NO8P. The number of hydrogen-bond acceptors (Lipinski definition) is 8. The van der Waals surface area contributed by atoms with Gasteiger partial charge in [0.2, 0.25) is 0 Å². The average Bonchev–Trinajstić information content (AvgIpc) is 3.43. The van der Waals surface area contributed by atoms with Gasteiger partial charge in [0.25, 0.3) is 0 Å². The fraction of sp³-hybridized carbons (Fsp3) is 0.794. The predicted octanol–water partition coefficient (Wildman–Crippen LogP) is 21.2. The molecule has 0 aliphatic carbocycles. The second kappa shape index (κ2) is 63.6. The fourth-order valence-electron chi connectivity index (χ4n) is 9.48. The van der Waals surface area contributed by atoms with E-state index >= 15 is 0 Å². The van der Waals surface area contributed by atoms with Crippen molar-refractivity contribution in [1.29, 1.82) is 0 Å². The topological polar surface area (TPSA) is 134 Å². The first-order valence-electron chi connectivity index (χ1n) is 32.9. The van der Waals surface area contributed by atoms with E-state index in [-0.39, 0.29) is 38.6 Å². The van der Waals surface area contributed by atoms with Gasteiger partial charge >= 0.3 is 19.8 Å². The summed E-state index contributed by atoms with van der Waals surface area (Å²) in [5.41, 5.74) is 5.39. The molecule has 3 N–H and O–H groups in total. The second-order valence-electron chi connectivity index (χ2n) is 22.0. The Labute approximate surface area is 482 Å². The number of allylic oxidation sites excluding steroid dienone is 12. The number of carbonyl (C=O) groups is 2. The van der Waals surface area contributed by atoms with Gasteiger partial charge in [-0.15, -0.1) is 0 Å². The summed E-state index contributed by atoms with van der Waals surface area (Å²) in [7, 11) is -4.39. The number of hydrogen-bond donors (Lipinski definition) is 2. The van der Waals surface area contributed by atoms with Crippen LogP contribution in [0.15, 0.2) is 72.9 Å². The molecule has 0 bridgehead atoms. The van der Waals surface area contributed by atoms with Crippen LogP contribution in [0.25, 0.3) is 0 Å². The van der Waals surface area contributed by atoms with Gasteiger partial charge in [0.1, 0.15) is 6.61 Å². The van der Waals surface area contributed by atoms with Gasteiger partial charge in [0.05, 0.1) is 13.2 Å². The van der Waals surface area contributed by atoms with Crippen LogP contribution in [-0.4, -0.2) is 49.3 Å². The van der Waals surface area contributed by atoms with E-state index in [0.29, 0.717) is 6.42 Å². The number of phosphoric acid groups is 1. The van der Waals surface area contributed by atoms with Crippen molar-refractivity contribution in [3.63, 3.8) is 0 Å². The van der Waals surface area contributed by atoms with E-state index in [9.17, 15) is 19.0 Å². The molecule has 0 radical (unpaired) electrons. The monoisotopic (exact) mass is 1110 g/mol. The van der Waals surface area contributed by atoms with E-state index in [0.717, 1.165) is 83.5 Å². The number of ether oxygens (including phenoxy) is 2. The minimum atomic E-state index is -4.39. The maximum absolute atomic E-state index is 12.7. The number of esters is 2. The van der Waals surface area contributed by atoms with Gasteiger partial charge in [-0.25, -0.2) is 4.57 Å². The predicted molar refractivity (Wildman–Crippen MR) is 335 cm³/mol. The largest absolute Gasteiger partial charge is 0.472 e. The molecule has 0 saturated heterocycles. The third kappa shape index (κ3) is 62.6. The molecule has 0 aliphatic rings. The first-order chi connectivity index (χ1) is 38.3. The van der Waals surface area contributed by atoms with Crippen LogP contribution >= 0.6 is 7.82 Å². The number of rotatable bonds is 62. The van der Waals surface area contributed by atoms with Crippen molar-refractivity contribution in [1.82, 2.24) is 0 Å². The highest BCUT2D eigenvalue weighted by molar-refractivity contribution is 7.47. The fourth-order valence-corrected chi connectivity index (χ4v) is 10.2. The Kier molecular flexibility index (Phi) is 61.5. The van der Waals surface area contributed by atoms with Crippen molar-refractivity contribution in [2.45, 2.75) is 322 Å². The minimum absolute atomic E-state index is 0.0530. The Balaban J connectivity index is 3.76. The lowest BCUT2D eigenvalue weighted by molar-refractivity contribution is -0.161. The summed E-state index contributed by atoms with van der Waals surface area (Å²) in [6, 6.07) is 0. The molecule has 0 aromatic carbocycles. The summed E-state index contributed by atoms with van der Waals surface area (Å²) in [6.45, 7) is 3.65. The molecule has 0 saturated carbocycles. The molecule has 78 heavy (non-hydrogen) atoms. The zero-order chi connectivity index (χ0) is 56.6. The van der Waals surface area contributed by atoms with Gasteiger partial charge in [0.15, 0.2) is 6.10 Å². The van der Waals surface area contributed by atoms with Crippen LogP contribution in [0.2, 0.25) is 0 Å². The van der Waals surface area contributed by atoms with Crippen LogP contribution < -0.4 is 5.73 Å². The summed E-state index contributed by atoms with van der Waals surface area (Å²) in [5.74, 6) is -0.824. The third-order valence-corrected chi connectivity index (χ3v) is 15.3. The van der Waals surface area contributed by atoms with Gasteiger partial charge in [-0.2, -0.15) is 0 Å². The summed E-state index contributed by atoms with van der Waals surface area (Å²) >= 11 is 0. The lowest BCUT2D eigenvalue weighted by Gasteiger charge is -2.19. The van der Waals surface area contributed by atoms with Gasteiger partial charge in [-0.05, 0) is 83.5 Å². The summed E-state index contributed by atoms with van der Waals surface area (Å²) in [4.78, 5) is 35.2. The normalized spacial score (nSPS) is 13.4. The highest BCUT2D eigenvalue weighted by Gasteiger charge is 2.26. The number of unbranched alkanes of at least 4 members (excludes halogenated alkanes) is 37. The van der Waals surface area contributed by atoms with E-state index in [2.05, 4.69) is 86.8 Å². The van der Waals surface area contributed by atoms with Crippen LogP contribution in [-0.2, 0) is 32.7 Å². The Morgan fingerprint density at radius 3 is 1.06 bits per heavy atom. The Bertz CT molecular complexity index is 1510. The van der Waals surface area contributed by atoms with Crippen LogP contribution in [0.5, 0.6) is 0 Å². The molecule has 0 amide bonds. The van der Waals surface area contributed by atoms with Crippen LogP contribution in [0.4, 0.5) is 0 Å². The zero-order valence-corrected chi connectivity index (χ0v) is 51.8. The maximum atomic E-state index is 12.7. The SMILES string of the molecule is CC/C=C\C/C=C\C/C=C\C/C=C\C/C=C\CCCCCCCCCCCCCCCCCCCCCCCCCCCC(=O)OC(COC(=O)CCCCCCC/C=C\CCCCCCCCC)COP(=O)(O)OCCN. The second-order valence-corrected chi connectivity index (χ2v) is 23.4. The van der Waals surface area contributed by atoms with Crippen LogP contribution in [0, 0.1) is 0 Å². The molecule has 0 rings (SSSR count). The van der Waals surface area contributed by atoms with Crippen molar-refractivity contribution in [3.8, 4) is 0 Å². The molecule has 2 atom stereocenters. The van der Waals surface area contributed by atoms with Crippen molar-refractivity contribution >= 4 is 19.8 Å². The molecule has 2 unspecified atom stereocenters. The van der Waals surface area contributed by atoms with Crippen LogP contribution in [0.1, 0.15) is 316 Å². The van der Waals surface area contributed by atoms with Crippen molar-refractivity contribution < 1.29 is 37.6 Å². The third-order valence-electron chi connectivity index (χ3n) is 14.3. The maximum Gasteiger partial charge on any atom is 0.472 e. The van der Waals surface area contributed by atoms with Crippen molar-refractivity contribution in [2.75, 3.05) is 26.4 Å². The lowest BCUT2D eigenvalue weighted by atomic mass is 10.0. The molecule has 454 valence electrons.